The van der Waals surface area contributed by atoms with Crippen LogP contribution in [-0.4, -0.2) is 17.6 Å². The Bertz CT molecular complexity index is 524. The number of carbonyl (C=O) groups is 1. The minimum absolute atomic E-state index is 0.175. The summed E-state index contributed by atoms with van der Waals surface area (Å²) in [7, 11) is 0. The van der Waals surface area contributed by atoms with Gasteiger partial charge in [0.05, 0.1) is 17.8 Å². The number of nitrogens with zero attached hydrogens (tertiary/aromatic N) is 1. The number of aromatic nitrogens is 1. The summed E-state index contributed by atoms with van der Waals surface area (Å²) in [5, 5.41) is 1.09. The average Bonchev–Trinajstić information content (AvgIpc) is 3.27. The maximum Gasteiger partial charge on any atom is 0.349 e. The number of esters is 1. The van der Waals surface area contributed by atoms with E-state index in [0.29, 0.717) is 11.5 Å². The molecular formula is C16H21NO2S. The second kappa shape index (κ2) is 4.55. The van der Waals surface area contributed by atoms with Crippen molar-refractivity contribution in [3.8, 4) is 0 Å². The topological polar surface area (TPSA) is 39.2 Å². The van der Waals surface area contributed by atoms with Crippen LogP contribution in [0.5, 0.6) is 0 Å². The second-order valence-electron chi connectivity index (χ2n) is 7.32. The predicted molar refractivity (Wildman–Crippen MR) is 77.8 cm³/mol. The van der Waals surface area contributed by atoms with Gasteiger partial charge in [0.15, 0.2) is 0 Å². The van der Waals surface area contributed by atoms with Crippen molar-refractivity contribution in [3.63, 3.8) is 0 Å². The zero-order valence-electron chi connectivity index (χ0n) is 11.9. The van der Waals surface area contributed by atoms with Gasteiger partial charge in [-0.3, -0.25) is 0 Å². The molecule has 3 saturated carbocycles. The van der Waals surface area contributed by atoms with Gasteiger partial charge in [-0.1, -0.05) is 6.92 Å². The van der Waals surface area contributed by atoms with Gasteiger partial charge in [0.1, 0.15) is 4.88 Å². The fourth-order valence-electron chi connectivity index (χ4n) is 3.66. The van der Waals surface area contributed by atoms with Crippen molar-refractivity contribution in [2.24, 2.45) is 23.2 Å². The van der Waals surface area contributed by atoms with Crippen molar-refractivity contribution >= 4 is 17.3 Å². The van der Waals surface area contributed by atoms with Gasteiger partial charge >= 0.3 is 5.97 Å². The van der Waals surface area contributed by atoms with E-state index in [1.807, 2.05) is 0 Å². The van der Waals surface area contributed by atoms with Crippen molar-refractivity contribution in [3.05, 3.63) is 16.1 Å². The van der Waals surface area contributed by atoms with Crippen molar-refractivity contribution in [2.45, 2.75) is 45.4 Å². The van der Waals surface area contributed by atoms with Gasteiger partial charge in [0, 0.05) is 11.8 Å². The molecule has 20 heavy (non-hydrogen) atoms. The largest absolute Gasteiger partial charge is 0.461 e. The Kier molecular flexibility index (Phi) is 2.92. The van der Waals surface area contributed by atoms with Crippen LogP contribution in [0.1, 0.15) is 53.7 Å². The maximum absolute atomic E-state index is 12.1. The summed E-state index contributed by atoms with van der Waals surface area (Å²) in [5.41, 5.74) is 0.227. The lowest BCUT2D eigenvalue weighted by molar-refractivity contribution is 0.0305. The normalized spacial score (nSPS) is 34.9. The highest BCUT2D eigenvalue weighted by molar-refractivity contribution is 7.13. The van der Waals surface area contributed by atoms with E-state index in [9.17, 15) is 4.79 Å². The molecule has 2 unspecified atom stereocenters. The maximum atomic E-state index is 12.1. The van der Waals surface area contributed by atoms with Crippen molar-refractivity contribution in [1.82, 2.24) is 4.98 Å². The third-order valence-electron chi connectivity index (χ3n) is 5.05. The Hall–Kier alpha value is -0.900. The Labute approximate surface area is 123 Å². The van der Waals surface area contributed by atoms with Crippen molar-refractivity contribution in [1.29, 1.82) is 0 Å². The summed E-state index contributed by atoms with van der Waals surface area (Å²) in [4.78, 5) is 17.1. The zero-order chi connectivity index (χ0) is 13.7. The molecule has 3 nitrogen and oxygen atoms in total. The quantitative estimate of drug-likeness (QED) is 0.777. The van der Waals surface area contributed by atoms with E-state index in [1.54, 1.807) is 6.20 Å². The molecule has 1 aromatic rings. The van der Waals surface area contributed by atoms with Crippen LogP contribution in [0.3, 0.4) is 0 Å². The van der Waals surface area contributed by atoms with Gasteiger partial charge in [0.25, 0.3) is 0 Å². The van der Waals surface area contributed by atoms with Crippen LogP contribution in [0.4, 0.5) is 0 Å². The molecule has 108 valence electrons. The second-order valence-corrected chi connectivity index (χ2v) is 8.43. The van der Waals surface area contributed by atoms with Crippen LogP contribution in [0.2, 0.25) is 0 Å². The first kappa shape index (κ1) is 12.8. The van der Waals surface area contributed by atoms with E-state index >= 15 is 0 Å². The summed E-state index contributed by atoms with van der Waals surface area (Å²) < 4.78 is 5.55. The monoisotopic (exact) mass is 291 g/mol. The number of carbonyl (C=O) groups excluding carboxylic acids is 1. The Morgan fingerprint density at radius 1 is 1.45 bits per heavy atom. The predicted octanol–water partition coefficient (Wildman–Crippen LogP) is 3.69. The minimum Gasteiger partial charge on any atom is -0.461 e. The van der Waals surface area contributed by atoms with Crippen molar-refractivity contribution in [2.75, 3.05) is 6.61 Å². The molecule has 4 heteroatoms. The third kappa shape index (κ3) is 2.62. The third-order valence-corrected chi connectivity index (χ3v) is 6.05. The molecule has 0 aromatic carbocycles. The number of hydrogen-bond acceptors (Lipinski definition) is 4. The average molecular weight is 291 g/mol. The van der Waals surface area contributed by atoms with Gasteiger partial charge in [-0.25, -0.2) is 9.78 Å². The molecule has 2 atom stereocenters. The van der Waals surface area contributed by atoms with Crippen LogP contribution in [0, 0.1) is 23.2 Å². The lowest BCUT2D eigenvalue weighted by Gasteiger charge is -2.24. The molecule has 4 rings (SSSR count). The van der Waals surface area contributed by atoms with E-state index in [1.165, 1.54) is 43.4 Å². The first-order valence-corrected chi connectivity index (χ1v) is 8.55. The van der Waals surface area contributed by atoms with Crippen LogP contribution in [0.25, 0.3) is 0 Å². The smallest absolute Gasteiger partial charge is 0.349 e. The van der Waals surface area contributed by atoms with Gasteiger partial charge < -0.3 is 4.74 Å². The number of fused-ring (bicyclic) bond motifs is 1. The van der Waals surface area contributed by atoms with E-state index in [-0.39, 0.29) is 11.4 Å². The lowest BCUT2D eigenvalue weighted by atomic mass is 9.86. The van der Waals surface area contributed by atoms with Crippen LogP contribution >= 0.6 is 11.3 Å². The van der Waals surface area contributed by atoms with Crippen molar-refractivity contribution < 1.29 is 9.53 Å². The SMILES string of the molecule is CC1(COC(=O)c2cnc(CC3CC3)s2)CC2CC2C1. The highest BCUT2D eigenvalue weighted by atomic mass is 32.1. The van der Waals surface area contributed by atoms with Crippen LogP contribution in [-0.2, 0) is 11.2 Å². The number of ether oxygens (including phenoxy) is 1. The highest BCUT2D eigenvalue weighted by Crippen LogP contribution is 2.59. The summed E-state index contributed by atoms with van der Waals surface area (Å²) in [6.45, 7) is 2.84. The fraction of sp³-hybridized carbons (Fsp3) is 0.750. The molecule has 0 saturated heterocycles. The molecule has 1 aromatic heterocycles. The molecular weight excluding hydrogens is 270 g/mol. The number of hydrogen-bond donors (Lipinski definition) is 0. The first-order valence-electron chi connectivity index (χ1n) is 7.73. The molecule has 3 aliphatic rings. The van der Waals surface area contributed by atoms with Gasteiger partial charge in [-0.2, -0.15) is 0 Å². The Balaban J connectivity index is 1.31. The molecule has 0 aliphatic heterocycles. The van der Waals surface area contributed by atoms with E-state index in [4.69, 9.17) is 4.74 Å². The number of rotatable bonds is 5. The van der Waals surface area contributed by atoms with E-state index in [0.717, 1.165) is 29.2 Å². The standard InChI is InChI=1S/C16H21NO2S/c1-16(6-11-5-12(11)7-16)9-19-15(18)13-8-17-14(20-13)4-10-2-3-10/h8,10-12H,2-7,9H2,1H3. The minimum atomic E-state index is -0.175. The fourth-order valence-corrected chi connectivity index (χ4v) is 4.58. The molecule has 0 amide bonds. The van der Waals surface area contributed by atoms with Gasteiger partial charge in [-0.15, -0.1) is 11.3 Å². The van der Waals surface area contributed by atoms with Gasteiger partial charge in [0.2, 0.25) is 0 Å². The zero-order valence-corrected chi connectivity index (χ0v) is 12.7. The molecule has 0 N–H and O–H groups in total. The van der Waals surface area contributed by atoms with Crippen LogP contribution < -0.4 is 0 Å². The lowest BCUT2D eigenvalue weighted by Crippen LogP contribution is -2.23. The molecule has 3 aliphatic carbocycles. The summed E-state index contributed by atoms with van der Waals surface area (Å²) >= 11 is 1.51. The van der Waals surface area contributed by atoms with Crippen LogP contribution in [0.15, 0.2) is 6.20 Å². The first-order chi connectivity index (χ1) is 9.61. The molecule has 1 heterocycles. The molecule has 0 spiro atoms. The Morgan fingerprint density at radius 2 is 2.20 bits per heavy atom. The molecule has 0 radical (unpaired) electrons. The Morgan fingerprint density at radius 3 is 2.90 bits per heavy atom. The summed E-state index contributed by atoms with van der Waals surface area (Å²) in [6.07, 6.45) is 9.25. The highest BCUT2D eigenvalue weighted by Gasteiger charge is 2.51. The summed E-state index contributed by atoms with van der Waals surface area (Å²) in [5.74, 6) is 2.49. The molecule has 3 fully saturated rings. The van der Waals surface area contributed by atoms with Gasteiger partial charge in [-0.05, 0) is 49.9 Å². The summed E-state index contributed by atoms with van der Waals surface area (Å²) in [6, 6.07) is 0. The molecule has 0 bridgehead atoms. The number of thiazole rings is 1. The van der Waals surface area contributed by atoms with E-state index in [2.05, 4.69) is 11.9 Å². The van der Waals surface area contributed by atoms with E-state index < -0.39 is 0 Å².